The van der Waals surface area contributed by atoms with Gasteiger partial charge in [-0.1, -0.05) is 0 Å². The molecule has 2 aromatic heterocycles. The van der Waals surface area contributed by atoms with E-state index in [9.17, 15) is 0 Å². The fraction of sp³-hybridized carbons (Fsp3) is 0.400. The summed E-state index contributed by atoms with van der Waals surface area (Å²) < 4.78 is 5.43. The van der Waals surface area contributed by atoms with Crippen LogP contribution in [0.3, 0.4) is 0 Å². The maximum Gasteiger partial charge on any atom is 0.227 e. The molecule has 0 radical (unpaired) electrons. The minimum atomic E-state index is 0.583. The Morgan fingerprint density at radius 3 is 2.48 bits per heavy atom. The number of morpholine rings is 1. The van der Waals surface area contributed by atoms with Crippen LogP contribution in [0.15, 0.2) is 54.9 Å². The molecular weight excluding hydrogens is 414 g/mol. The van der Waals surface area contributed by atoms with E-state index in [0.717, 1.165) is 62.2 Å². The lowest BCUT2D eigenvalue weighted by atomic mass is 10.2. The lowest BCUT2D eigenvalue weighted by Gasteiger charge is -2.33. The van der Waals surface area contributed by atoms with Gasteiger partial charge in [0.1, 0.15) is 5.82 Å². The highest BCUT2D eigenvalue weighted by Gasteiger charge is 2.41. The van der Waals surface area contributed by atoms with Gasteiger partial charge in [-0.3, -0.25) is 4.90 Å². The average molecular weight is 444 g/mol. The Bertz CT molecular complexity index is 1100. The normalized spacial score (nSPS) is 22.7. The molecule has 2 atom stereocenters. The molecule has 8 nitrogen and oxygen atoms in total. The summed E-state index contributed by atoms with van der Waals surface area (Å²) in [6, 6.07) is 16.0. The van der Waals surface area contributed by atoms with Crippen LogP contribution < -0.4 is 15.1 Å². The van der Waals surface area contributed by atoms with Crippen LogP contribution in [-0.2, 0) is 4.74 Å². The van der Waals surface area contributed by atoms with E-state index >= 15 is 0 Å². The fourth-order valence-electron chi connectivity index (χ4n) is 5.14. The molecule has 33 heavy (non-hydrogen) atoms. The van der Waals surface area contributed by atoms with Gasteiger partial charge in [0, 0.05) is 67.6 Å². The predicted molar refractivity (Wildman–Crippen MR) is 130 cm³/mol. The Labute approximate surface area is 194 Å². The number of anilines is 4. The monoisotopic (exact) mass is 443 g/mol. The highest BCUT2D eigenvalue weighted by atomic mass is 16.5. The zero-order valence-corrected chi connectivity index (χ0v) is 18.9. The van der Waals surface area contributed by atoms with E-state index < -0.39 is 0 Å². The molecule has 0 saturated carbocycles. The van der Waals surface area contributed by atoms with Crippen LogP contribution in [-0.4, -0.2) is 78.4 Å². The summed E-state index contributed by atoms with van der Waals surface area (Å²) in [6.45, 7) is 5.54. The van der Waals surface area contributed by atoms with Crippen LogP contribution >= 0.6 is 0 Å². The van der Waals surface area contributed by atoms with Gasteiger partial charge >= 0.3 is 0 Å². The van der Waals surface area contributed by atoms with Crippen molar-refractivity contribution in [1.29, 1.82) is 0 Å². The van der Waals surface area contributed by atoms with Crippen LogP contribution in [0.1, 0.15) is 6.42 Å². The number of likely N-dealkylation sites (tertiary alicyclic amines) is 1. The first-order valence-corrected chi connectivity index (χ1v) is 11.7. The first kappa shape index (κ1) is 20.4. The van der Waals surface area contributed by atoms with Gasteiger partial charge in [-0.15, -0.1) is 0 Å². The van der Waals surface area contributed by atoms with Gasteiger partial charge in [0.05, 0.1) is 18.9 Å². The minimum absolute atomic E-state index is 0.583. The molecule has 3 aromatic rings. The molecule has 2 bridgehead atoms. The number of pyridine rings is 1. The third kappa shape index (κ3) is 4.12. The predicted octanol–water partition coefficient (Wildman–Crippen LogP) is 3.01. The van der Waals surface area contributed by atoms with Crippen molar-refractivity contribution in [2.24, 2.45) is 0 Å². The summed E-state index contributed by atoms with van der Waals surface area (Å²) in [5, 5.41) is 3.34. The van der Waals surface area contributed by atoms with Crippen LogP contribution in [0.5, 0.6) is 0 Å². The van der Waals surface area contributed by atoms with E-state index in [4.69, 9.17) is 9.72 Å². The molecule has 3 aliphatic rings. The van der Waals surface area contributed by atoms with E-state index in [1.807, 2.05) is 12.3 Å². The van der Waals surface area contributed by atoms with Crippen molar-refractivity contribution < 1.29 is 4.74 Å². The maximum absolute atomic E-state index is 5.43. The number of nitrogens with zero attached hydrogens (tertiary/aromatic N) is 6. The Hall–Kier alpha value is -3.23. The van der Waals surface area contributed by atoms with Gasteiger partial charge in [-0.05, 0) is 55.9 Å². The van der Waals surface area contributed by atoms with Crippen molar-refractivity contribution in [3.63, 3.8) is 0 Å². The standard InChI is InChI=1S/C25H29N7O/c1-30-16-22-14-21(30)17-32(22)20-5-3-19(4-6-20)28-25-26-9-8-23(29-25)18-2-7-24(27-15-18)31-10-12-33-13-11-31/h2-9,15,21-22H,10-14,16-17H2,1H3,(H,26,28,29)/t21-,22-/m0/s1. The molecule has 3 saturated heterocycles. The van der Waals surface area contributed by atoms with Gasteiger partial charge < -0.3 is 19.9 Å². The second kappa shape index (κ2) is 8.61. The molecule has 0 amide bonds. The number of aromatic nitrogens is 3. The van der Waals surface area contributed by atoms with Gasteiger partial charge in [-0.2, -0.15) is 0 Å². The number of ether oxygens (including phenoxy) is 1. The van der Waals surface area contributed by atoms with Crippen molar-refractivity contribution in [2.75, 3.05) is 61.6 Å². The Balaban J connectivity index is 1.13. The third-order valence-electron chi connectivity index (χ3n) is 7.00. The maximum atomic E-state index is 5.43. The van der Waals surface area contributed by atoms with Gasteiger partial charge in [0.2, 0.25) is 5.95 Å². The Morgan fingerprint density at radius 1 is 0.939 bits per heavy atom. The van der Waals surface area contributed by atoms with Crippen molar-refractivity contribution in [3.05, 3.63) is 54.9 Å². The number of rotatable bonds is 5. The molecule has 170 valence electrons. The number of likely N-dealkylation sites (N-methyl/N-ethyl adjacent to an activating group) is 1. The van der Waals surface area contributed by atoms with Crippen LogP contribution in [0.4, 0.5) is 23.1 Å². The SMILES string of the molecule is CN1C[C@@H]2C[C@H]1CN2c1ccc(Nc2nccc(-c3ccc(N4CCOCC4)nc3)n2)cc1. The summed E-state index contributed by atoms with van der Waals surface area (Å²) in [7, 11) is 2.23. The fourth-order valence-corrected chi connectivity index (χ4v) is 5.14. The molecule has 1 aromatic carbocycles. The highest BCUT2D eigenvalue weighted by Crippen LogP contribution is 2.34. The molecule has 5 heterocycles. The smallest absolute Gasteiger partial charge is 0.227 e. The lowest BCUT2D eigenvalue weighted by Crippen LogP contribution is -2.44. The molecule has 3 fully saturated rings. The van der Waals surface area contributed by atoms with Crippen LogP contribution in [0.25, 0.3) is 11.3 Å². The second-order valence-corrected chi connectivity index (χ2v) is 9.08. The highest BCUT2D eigenvalue weighted by molar-refractivity contribution is 5.64. The number of benzene rings is 1. The minimum Gasteiger partial charge on any atom is -0.378 e. The Morgan fingerprint density at radius 2 is 1.79 bits per heavy atom. The number of nitrogens with one attached hydrogen (secondary N) is 1. The van der Waals surface area contributed by atoms with E-state index in [1.54, 1.807) is 6.20 Å². The van der Waals surface area contributed by atoms with Gasteiger partial charge in [-0.25, -0.2) is 15.0 Å². The molecule has 0 unspecified atom stereocenters. The quantitative estimate of drug-likeness (QED) is 0.646. The number of piperazine rings is 1. The average Bonchev–Trinajstić information content (AvgIpc) is 3.45. The number of hydrogen-bond donors (Lipinski definition) is 1. The molecule has 6 rings (SSSR count). The van der Waals surface area contributed by atoms with E-state index in [1.165, 1.54) is 12.1 Å². The van der Waals surface area contributed by atoms with Crippen molar-refractivity contribution in [2.45, 2.75) is 18.5 Å². The lowest BCUT2D eigenvalue weighted by molar-refractivity contribution is 0.122. The van der Waals surface area contributed by atoms with Gasteiger partial charge in [0.15, 0.2) is 0 Å². The second-order valence-electron chi connectivity index (χ2n) is 9.08. The first-order chi connectivity index (χ1) is 16.2. The summed E-state index contributed by atoms with van der Waals surface area (Å²) >= 11 is 0. The largest absolute Gasteiger partial charge is 0.378 e. The molecular formula is C25H29N7O. The molecule has 8 heteroatoms. The van der Waals surface area contributed by atoms with Gasteiger partial charge in [0.25, 0.3) is 0 Å². The van der Waals surface area contributed by atoms with E-state index in [-0.39, 0.29) is 0 Å². The molecule has 0 spiro atoms. The van der Waals surface area contributed by atoms with E-state index in [2.05, 4.69) is 73.4 Å². The topological polar surface area (TPSA) is 69.7 Å². The van der Waals surface area contributed by atoms with Crippen molar-refractivity contribution in [1.82, 2.24) is 19.9 Å². The summed E-state index contributed by atoms with van der Waals surface area (Å²) in [5.41, 5.74) is 4.10. The van der Waals surface area contributed by atoms with E-state index in [0.29, 0.717) is 18.0 Å². The summed E-state index contributed by atoms with van der Waals surface area (Å²) in [6.07, 6.45) is 4.94. The zero-order chi connectivity index (χ0) is 22.2. The van der Waals surface area contributed by atoms with Crippen LogP contribution in [0, 0.1) is 0 Å². The number of fused-ring (bicyclic) bond motifs is 2. The van der Waals surface area contributed by atoms with Crippen molar-refractivity contribution in [3.8, 4) is 11.3 Å². The molecule has 0 aliphatic carbocycles. The summed E-state index contributed by atoms with van der Waals surface area (Å²) in [4.78, 5) is 21.0. The third-order valence-corrected chi connectivity index (χ3v) is 7.00. The van der Waals surface area contributed by atoms with Crippen LogP contribution in [0.2, 0.25) is 0 Å². The number of hydrogen-bond acceptors (Lipinski definition) is 8. The molecule has 1 N–H and O–H groups in total. The summed E-state index contributed by atoms with van der Waals surface area (Å²) in [5.74, 6) is 1.56. The Kier molecular flexibility index (Phi) is 5.32. The van der Waals surface area contributed by atoms with Crippen molar-refractivity contribution >= 4 is 23.1 Å². The molecule has 3 aliphatic heterocycles. The first-order valence-electron chi connectivity index (χ1n) is 11.7. The zero-order valence-electron chi connectivity index (χ0n) is 18.9.